The zero-order valence-electron chi connectivity index (χ0n) is 7.31. The first-order chi connectivity index (χ1) is 5.82. The van der Waals surface area contributed by atoms with Gasteiger partial charge in [0, 0.05) is 18.8 Å². The first-order valence-corrected chi connectivity index (χ1v) is 3.59. The Balaban J connectivity index is 3.28. The van der Waals surface area contributed by atoms with E-state index in [1.54, 1.807) is 0 Å². The van der Waals surface area contributed by atoms with E-state index in [1.165, 1.54) is 20.2 Å². The van der Waals surface area contributed by atoms with Gasteiger partial charge >= 0.3 is 6.18 Å². The molecule has 0 spiro atoms. The summed E-state index contributed by atoms with van der Waals surface area (Å²) in [5, 5.41) is 3.33. The first kappa shape index (κ1) is 9.83. The molecule has 0 radical (unpaired) electrons. The number of rotatable bonds is 1. The van der Waals surface area contributed by atoms with Crippen LogP contribution in [0.5, 0.6) is 0 Å². The average Bonchev–Trinajstić information content (AvgIpc) is 2.29. The van der Waals surface area contributed by atoms with Gasteiger partial charge in [-0.1, -0.05) is 6.58 Å². The summed E-state index contributed by atoms with van der Waals surface area (Å²) in [5.74, 6) is 0. The number of hydrogen-bond acceptors (Lipinski definition) is 1. The fourth-order valence-electron chi connectivity index (χ4n) is 1.01. The molecule has 2 nitrogen and oxygen atoms in total. The second kappa shape index (κ2) is 2.90. The van der Waals surface area contributed by atoms with Crippen molar-refractivity contribution in [2.24, 2.45) is 7.05 Å². The number of hydrogen-bond donors (Lipinski definition) is 0. The second-order valence-corrected chi connectivity index (χ2v) is 2.84. The number of aryl methyl sites for hydroxylation is 1. The Bertz CT molecular complexity index is 336. The summed E-state index contributed by atoms with van der Waals surface area (Å²) in [6.07, 6.45) is -3.10. The summed E-state index contributed by atoms with van der Waals surface area (Å²) in [5.41, 5.74) is -0.460. The van der Waals surface area contributed by atoms with Crippen molar-refractivity contribution in [2.75, 3.05) is 0 Å². The Morgan fingerprint density at radius 2 is 2.08 bits per heavy atom. The van der Waals surface area contributed by atoms with Gasteiger partial charge in [-0.15, -0.1) is 0 Å². The van der Waals surface area contributed by atoms with E-state index in [9.17, 15) is 13.2 Å². The van der Waals surface area contributed by atoms with Crippen LogP contribution in [-0.4, -0.2) is 9.78 Å². The molecule has 1 rings (SSSR count). The van der Waals surface area contributed by atoms with Gasteiger partial charge in [-0.3, -0.25) is 4.68 Å². The highest BCUT2D eigenvalue weighted by molar-refractivity contribution is 5.63. The summed E-state index contributed by atoms with van der Waals surface area (Å²) in [7, 11) is 1.45. The molecule has 0 atom stereocenters. The number of nitrogens with zero attached hydrogens (tertiary/aromatic N) is 2. The van der Waals surface area contributed by atoms with Crippen molar-refractivity contribution in [3.63, 3.8) is 0 Å². The van der Waals surface area contributed by atoms with Crippen molar-refractivity contribution >= 4 is 5.57 Å². The molecule has 1 aromatic heterocycles. The zero-order valence-corrected chi connectivity index (χ0v) is 7.31. The first-order valence-electron chi connectivity index (χ1n) is 3.59. The second-order valence-electron chi connectivity index (χ2n) is 2.84. The Hall–Kier alpha value is -1.26. The Morgan fingerprint density at radius 1 is 1.54 bits per heavy atom. The summed E-state index contributed by atoms with van der Waals surface area (Å²) < 4.78 is 38.0. The van der Waals surface area contributed by atoms with Gasteiger partial charge in [0.15, 0.2) is 5.69 Å². The van der Waals surface area contributed by atoms with E-state index < -0.39 is 11.9 Å². The minimum Gasteiger partial charge on any atom is -0.275 e. The van der Waals surface area contributed by atoms with Gasteiger partial charge in [-0.05, 0) is 12.5 Å². The molecule has 0 saturated heterocycles. The summed E-state index contributed by atoms with van der Waals surface area (Å²) >= 11 is 0. The molecule has 13 heavy (non-hydrogen) atoms. The van der Waals surface area contributed by atoms with E-state index in [0.29, 0.717) is 5.57 Å². The zero-order chi connectivity index (χ0) is 10.2. The molecule has 72 valence electrons. The van der Waals surface area contributed by atoms with E-state index in [2.05, 4.69) is 11.7 Å². The Kier molecular flexibility index (Phi) is 2.19. The summed E-state index contributed by atoms with van der Waals surface area (Å²) in [6, 6.07) is 0. The molecule has 0 bridgehead atoms. The van der Waals surface area contributed by atoms with E-state index in [1.807, 2.05) is 0 Å². The fourth-order valence-corrected chi connectivity index (χ4v) is 1.01. The standard InChI is InChI=1S/C8H9F3N2/c1-5(2)6-4-13(3)12-7(6)8(9,10)11/h4H,1H2,2-3H3. The molecule has 0 unspecified atom stereocenters. The van der Waals surface area contributed by atoms with Crippen LogP contribution in [-0.2, 0) is 13.2 Å². The molecule has 0 aliphatic heterocycles. The molecule has 0 N–H and O–H groups in total. The van der Waals surface area contributed by atoms with Crippen molar-refractivity contribution in [1.29, 1.82) is 0 Å². The highest BCUT2D eigenvalue weighted by Gasteiger charge is 2.36. The van der Waals surface area contributed by atoms with Crippen LogP contribution in [0.25, 0.3) is 5.57 Å². The fraction of sp³-hybridized carbons (Fsp3) is 0.375. The van der Waals surface area contributed by atoms with Gasteiger partial charge in [0.25, 0.3) is 0 Å². The molecule has 0 aliphatic carbocycles. The molecular weight excluding hydrogens is 181 g/mol. The van der Waals surface area contributed by atoms with Crippen LogP contribution in [0, 0.1) is 0 Å². The minimum atomic E-state index is -4.41. The van der Waals surface area contributed by atoms with Gasteiger partial charge in [-0.25, -0.2) is 0 Å². The van der Waals surface area contributed by atoms with E-state index in [4.69, 9.17) is 0 Å². The number of aromatic nitrogens is 2. The third-order valence-electron chi connectivity index (χ3n) is 1.56. The van der Waals surface area contributed by atoms with Gasteiger partial charge in [0.2, 0.25) is 0 Å². The monoisotopic (exact) mass is 190 g/mol. The van der Waals surface area contributed by atoms with Crippen LogP contribution in [0.1, 0.15) is 18.2 Å². The van der Waals surface area contributed by atoms with Crippen molar-refractivity contribution in [1.82, 2.24) is 9.78 Å². The van der Waals surface area contributed by atoms with Crippen molar-refractivity contribution < 1.29 is 13.2 Å². The molecule has 1 aromatic rings. The molecule has 0 fully saturated rings. The van der Waals surface area contributed by atoms with Crippen molar-refractivity contribution in [3.05, 3.63) is 24.0 Å². The van der Waals surface area contributed by atoms with Crippen molar-refractivity contribution in [2.45, 2.75) is 13.1 Å². The molecule has 5 heteroatoms. The third kappa shape index (κ3) is 1.91. The lowest BCUT2D eigenvalue weighted by Crippen LogP contribution is -2.08. The van der Waals surface area contributed by atoms with Crippen LogP contribution < -0.4 is 0 Å². The van der Waals surface area contributed by atoms with Gasteiger partial charge in [0.05, 0.1) is 0 Å². The van der Waals surface area contributed by atoms with Gasteiger partial charge < -0.3 is 0 Å². The number of allylic oxidation sites excluding steroid dienone is 1. The van der Waals surface area contributed by atoms with Crippen molar-refractivity contribution in [3.8, 4) is 0 Å². The molecular formula is C8H9F3N2. The highest BCUT2D eigenvalue weighted by Crippen LogP contribution is 2.32. The lowest BCUT2D eigenvalue weighted by Gasteiger charge is -2.04. The molecule has 0 amide bonds. The van der Waals surface area contributed by atoms with Gasteiger partial charge in [0.1, 0.15) is 0 Å². The molecule has 1 heterocycles. The summed E-state index contributed by atoms with van der Waals surface area (Å²) in [6.45, 7) is 4.98. The quantitative estimate of drug-likeness (QED) is 0.665. The van der Waals surface area contributed by atoms with Gasteiger partial charge in [-0.2, -0.15) is 18.3 Å². The van der Waals surface area contributed by atoms with Crippen LogP contribution >= 0.6 is 0 Å². The van der Waals surface area contributed by atoms with Crippen LogP contribution in [0.2, 0.25) is 0 Å². The minimum absolute atomic E-state index is 0.0509. The molecule has 0 aliphatic rings. The Labute approximate surface area is 73.7 Å². The van der Waals surface area contributed by atoms with E-state index in [0.717, 1.165) is 4.68 Å². The van der Waals surface area contributed by atoms with Crippen LogP contribution in [0.15, 0.2) is 12.8 Å². The highest BCUT2D eigenvalue weighted by atomic mass is 19.4. The maximum absolute atomic E-state index is 12.3. The molecule has 0 saturated carbocycles. The maximum Gasteiger partial charge on any atom is 0.435 e. The Morgan fingerprint density at radius 3 is 2.38 bits per heavy atom. The molecule has 0 aromatic carbocycles. The third-order valence-corrected chi connectivity index (χ3v) is 1.56. The van der Waals surface area contributed by atoms with Crippen LogP contribution in [0.4, 0.5) is 13.2 Å². The largest absolute Gasteiger partial charge is 0.435 e. The normalized spacial score (nSPS) is 11.8. The lowest BCUT2D eigenvalue weighted by atomic mass is 10.1. The number of alkyl halides is 3. The number of halogens is 3. The van der Waals surface area contributed by atoms with E-state index >= 15 is 0 Å². The lowest BCUT2D eigenvalue weighted by molar-refractivity contribution is -0.141. The predicted molar refractivity (Wildman–Crippen MR) is 42.9 cm³/mol. The van der Waals surface area contributed by atoms with E-state index in [-0.39, 0.29) is 5.56 Å². The predicted octanol–water partition coefficient (Wildman–Crippen LogP) is 2.47. The van der Waals surface area contributed by atoms with Crippen LogP contribution in [0.3, 0.4) is 0 Å². The average molecular weight is 190 g/mol. The maximum atomic E-state index is 12.3. The topological polar surface area (TPSA) is 17.8 Å². The SMILES string of the molecule is C=C(C)c1cn(C)nc1C(F)(F)F. The smallest absolute Gasteiger partial charge is 0.275 e. The summed E-state index contributed by atoms with van der Waals surface area (Å²) in [4.78, 5) is 0.